The molecule has 0 heterocycles. The van der Waals surface area contributed by atoms with E-state index >= 15 is 0 Å². The van der Waals surface area contributed by atoms with Crippen LogP contribution in [-0.4, -0.2) is 25.1 Å². The lowest BCUT2D eigenvalue weighted by molar-refractivity contribution is -0.385. The Hall–Kier alpha value is -1.95. The van der Waals surface area contributed by atoms with Crippen LogP contribution in [-0.2, 0) is 9.47 Å². The van der Waals surface area contributed by atoms with Gasteiger partial charge in [0.25, 0.3) is 5.69 Å². The molecule has 0 spiro atoms. The first-order chi connectivity index (χ1) is 8.01. The molecule has 1 aromatic rings. The predicted octanol–water partition coefficient (Wildman–Crippen LogP) is 2.09. The number of nitro benzene ring substituents is 1. The maximum atomic E-state index is 11.3. The van der Waals surface area contributed by atoms with Gasteiger partial charge in [-0.05, 0) is 18.6 Å². The fourth-order valence-electron chi connectivity index (χ4n) is 1.37. The third-order valence-electron chi connectivity index (χ3n) is 2.45. The second-order valence-corrected chi connectivity index (χ2v) is 3.40. The first-order valence-electron chi connectivity index (χ1n) is 4.90. The summed E-state index contributed by atoms with van der Waals surface area (Å²) >= 11 is 0. The molecule has 1 aromatic carbocycles. The highest BCUT2D eigenvalue weighted by Crippen LogP contribution is 2.25. The molecule has 0 aliphatic heterocycles. The van der Waals surface area contributed by atoms with Crippen LogP contribution < -0.4 is 0 Å². The van der Waals surface area contributed by atoms with E-state index in [1.807, 2.05) is 0 Å². The number of hydrogen-bond acceptors (Lipinski definition) is 5. The molecule has 0 bridgehead atoms. The minimum absolute atomic E-state index is 0.0652. The SMILES string of the molecule is COC(=O)c1ccc(C(C)OC)cc1[N+](=O)[O-]. The van der Waals surface area contributed by atoms with Gasteiger partial charge in [-0.25, -0.2) is 4.79 Å². The maximum Gasteiger partial charge on any atom is 0.344 e. The van der Waals surface area contributed by atoms with Crippen LogP contribution in [0.4, 0.5) is 5.69 Å². The fraction of sp³-hybridized carbons (Fsp3) is 0.364. The lowest BCUT2D eigenvalue weighted by Gasteiger charge is -2.10. The van der Waals surface area contributed by atoms with Gasteiger partial charge >= 0.3 is 5.97 Å². The van der Waals surface area contributed by atoms with Crippen molar-refractivity contribution in [3.05, 3.63) is 39.4 Å². The highest BCUT2D eigenvalue weighted by molar-refractivity contribution is 5.93. The van der Waals surface area contributed by atoms with E-state index in [1.54, 1.807) is 13.0 Å². The number of ether oxygens (including phenoxy) is 2. The molecule has 1 unspecified atom stereocenters. The predicted molar refractivity (Wildman–Crippen MR) is 59.9 cm³/mol. The van der Waals surface area contributed by atoms with E-state index in [-0.39, 0.29) is 17.4 Å². The van der Waals surface area contributed by atoms with Gasteiger partial charge in [0.05, 0.1) is 18.1 Å². The van der Waals surface area contributed by atoms with Crippen molar-refractivity contribution in [2.45, 2.75) is 13.0 Å². The number of hydrogen-bond donors (Lipinski definition) is 0. The molecule has 0 saturated heterocycles. The van der Waals surface area contributed by atoms with Gasteiger partial charge in [0, 0.05) is 13.2 Å². The molecule has 0 aliphatic carbocycles. The van der Waals surface area contributed by atoms with Crippen LogP contribution >= 0.6 is 0 Å². The molecular weight excluding hydrogens is 226 g/mol. The van der Waals surface area contributed by atoms with E-state index in [0.717, 1.165) is 0 Å². The minimum Gasteiger partial charge on any atom is -0.465 e. The Labute approximate surface area is 98.3 Å². The van der Waals surface area contributed by atoms with Crippen LogP contribution in [0.25, 0.3) is 0 Å². The van der Waals surface area contributed by atoms with E-state index in [9.17, 15) is 14.9 Å². The summed E-state index contributed by atoms with van der Waals surface area (Å²) in [7, 11) is 2.68. The van der Waals surface area contributed by atoms with E-state index in [4.69, 9.17) is 4.74 Å². The zero-order valence-electron chi connectivity index (χ0n) is 9.80. The average molecular weight is 239 g/mol. The van der Waals surface area contributed by atoms with Crippen LogP contribution in [0.2, 0.25) is 0 Å². The number of rotatable bonds is 4. The molecule has 1 rings (SSSR count). The van der Waals surface area contributed by atoms with Crippen molar-refractivity contribution in [2.24, 2.45) is 0 Å². The molecule has 6 heteroatoms. The Morgan fingerprint density at radius 2 is 2.06 bits per heavy atom. The molecular formula is C11H13NO5. The molecule has 0 N–H and O–H groups in total. The molecule has 17 heavy (non-hydrogen) atoms. The Morgan fingerprint density at radius 1 is 1.41 bits per heavy atom. The number of benzene rings is 1. The van der Waals surface area contributed by atoms with E-state index in [0.29, 0.717) is 5.56 Å². The quantitative estimate of drug-likeness (QED) is 0.456. The van der Waals surface area contributed by atoms with Crippen molar-refractivity contribution < 1.29 is 19.2 Å². The summed E-state index contributed by atoms with van der Waals surface area (Å²) in [4.78, 5) is 21.6. The summed E-state index contributed by atoms with van der Waals surface area (Å²) in [6, 6.07) is 4.29. The first-order valence-corrected chi connectivity index (χ1v) is 4.90. The standard InChI is InChI=1S/C11H13NO5/c1-7(16-2)8-4-5-9(11(13)17-3)10(6-8)12(14)15/h4-7H,1-3H3. The Kier molecular flexibility index (Phi) is 4.17. The summed E-state index contributed by atoms with van der Waals surface area (Å²) in [6.07, 6.45) is -0.277. The number of nitrogens with zero attached hydrogens (tertiary/aromatic N) is 1. The highest BCUT2D eigenvalue weighted by atomic mass is 16.6. The number of nitro groups is 1. The van der Waals surface area contributed by atoms with Crippen molar-refractivity contribution in [2.75, 3.05) is 14.2 Å². The summed E-state index contributed by atoms with van der Waals surface area (Å²) in [5.41, 5.74) is 0.287. The molecule has 92 valence electrons. The zero-order chi connectivity index (χ0) is 13.0. The normalized spacial score (nSPS) is 11.9. The fourth-order valence-corrected chi connectivity index (χ4v) is 1.37. The number of carbonyl (C=O) groups is 1. The van der Waals surface area contributed by atoms with Gasteiger partial charge in [-0.2, -0.15) is 0 Å². The van der Waals surface area contributed by atoms with Crippen molar-refractivity contribution >= 4 is 11.7 Å². The van der Waals surface area contributed by atoms with Gasteiger partial charge in [-0.15, -0.1) is 0 Å². The molecule has 0 saturated carbocycles. The highest BCUT2D eigenvalue weighted by Gasteiger charge is 2.22. The monoisotopic (exact) mass is 239 g/mol. The van der Waals surface area contributed by atoms with Crippen molar-refractivity contribution in [1.29, 1.82) is 0 Å². The molecule has 0 radical (unpaired) electrons. The number of methoxy groups -OCH3 is 2. The summed E-state index contributed by atoms with van der Waals surface area (Å²) in [5, 5.41) is 10.9. The van der Waals surface area contributed by atoms with Crippen molar-refractivity contribution in [1.82, 2.24) is 0 Å². The van der Waals surface area contributed by atoms with Gasteiger partial charge in [-0.1, -0.05) is 6.07 Å². The van der Waals surface area contributed by atoms with Crippen LogP contribution in [0.5, 0.6) is 0 Å². The zero-order valence-corrected chi connectivity index (χ0v) is 9.80. The molecule has 1 atom stereocenters. The number of carbonyl (C=O) groups excluding carboxylic acids is 1. The molecule has 0 fully saturated rings. The molecule has 0 amide bonds. The summed E-state index contributed by atoms with van der Waals surface area (Å²) in [5.74, 6) is -0.728. The molecule has 0 aromatic heterocycles. The van der Waals surface area contributed by atoms with Gasteiger partial charge in [0.1, 0.15) is 5.56 Å². The lowest BCUT2D eigenvalue weighted by Crippen LogP contribution is -2.07. The Bertz CT molecular complexity index is 443. The summed E-state index contributed by atoms with van der Waals surface area (Å²) in [6.45, 7) is 1.76. The largest absolute Gasteiger partial charge is 0.465 e. The topological polar surface area (TPSA) is 78.7 Å². The Balaban J connectivity index is 3.27. The molecule has 6 nitrogen and oxygen atoms in total. The van der Waals surface area contributed by atoms with Crippen LogP contribution in [0.3, 0.4) is 0 Å². The lowest BCUT2D eigenvalue weighted by atomic mass is 10.1. The van der Waals surface area contributed by atoms with E-state index in [2.05, 4.69) is 4.74 Å². The maximum absolute atomic E-state index is 11.3. The van der Waals surface area contributed by atoms with Gasteiger partial charge < -0.3 is 9.47 Å². The van der Waals surface area contributed by atoms with Crippen molar-refractivity contribution in [3.63, 3.8) is 0 Å². The number of esters is 1. The first kappa shape index (κ1) is 13.1. The van der Waals surface area contributed by atoms with Gasteiger partial charge in [0.15, 0.2) is 0 Å². The van der Waals surface area contributed by atoms with E-state index in [1.165, 1.54) is 26.4 Å². The Morgan fingerprint density at radius 3 is 2.53 bits per heavy atom. The van der Waals surface area contributed by atoms with Crippen LogP contribution in [0, 0.1) is 10.1 Å². The van der Waals surface area contributed by atoms with Crippen LogP contribution in [0.1, 0.15) is 28.9 Å². The summed E-state index contributed by atoms with van der Waals surface area (Å²) < 4.78 is 9.54. The van der Waals surface area contributed by atoms with Gasteiger partial charge in [-0.3, -0.25) is 10.1 Å². The van der Waals surface area contributed by atoms with Crippen molar-refractivity contribution in [3.8, 4) is 0 Å². The molecule has 0 aliphatic rings. The second-order valence-electron chi connectivity index (χ2n) is 3.40. The van der Waals surface area contributed by atoms with Crippen LogP contribution in [0.15, 0.2) is 18.2 Å². The average Bonchev–Trinajstić information content (AvgIpc) is 2.35. The minimum atomic E-state index is -0.728. The van der Waals surface area contributed by atoms with E-state index < -0.39 is 10.9 Å². The third kappa shape index (κ3) is 2.79. The smallest absolute Gasteiger partial charge is 0.344 e. The second kappa shape index (κ2) is 5.40. The van der Waals surface area contributed by atoms with Gasteiger partial charge in [0.2, 0.25) is 0 Å². The third-order valence-corrected chi connectivity index (χ3v) is 2.45.